The van der Waals surface area contributed by atoms with E-state index in [-0.39, 0.29) is 6.04 Å². The molecule has 0 fully saturated rings. The molecule has 0 heterocycles. The molecule has 2 rings (SSSR count). The lowest BCUT2D eigenvalue weighted by molar-refractivity contribution is 0.412. The Morgan fingerprint density at radius 2 is 1.62 bits per heavy atom. The maximum Gasteiger partial charge on any atom is 0.119 e. The predicted molar refractivity (Wildman–Crippen MR) is 88.8 cm³/mol. The number of aryl methyl sites for hydroxylation is 1. The first-order valence-corrected chi connectivity index (χ1v) is 7.63. The standard InChI is InChI=1S/C19H25NO/c1-5-16-9-11-17(12-10-16)14(2)20-15(3)18-7-6-8-19(13-18)21-4/h6-15,20H,5H2,1-4H3/t14?,15-/m1/s1. The Labute approximate surface area is 128 Å². The lowest BCUT2D eigenvalue weighted by atomic mass is 10.0. The van der Waals surface area contributed by atoms with Gasteiger partial charge in [-0.05, 0) is 49.1 Å². The number of benzene rings is 2. The van der Waals surface area contributed by atoms with Crippen molar-refractivity contribution in [3.05, 3.63) is 65.2 Å². The summed E-state index contributed by atoms with van der Waals surface area (Å²) in [6, 6.07) is 17.7. The van der Waals surface area contributed by atoms with Crippen LogP contribution in [0.5, 0.6) is 5.75 Å². The summed E-state index contributed by atoms with van der Waals surface area (Å²) in [5.41, 5.74) is 3.94. The van der Waals surface area contributed by atoms with Gasteiger partial charge in [0.05, 0.1) is 7.11 Å². The largest absolute Gasteiger partial charge is 0.497 e. The monoisotopic (exact) mass is 283 g/mol. The summed E-state index contributed by atoms with van der Waals surface area (Å²) in [6.45, 7) is 6.57. The van der Waals surface area contributed by atoms with Crippen molar-refractivity contribution in [2.75, 3.05) is 7.11 Å². The fourth-order valence-electron chi connectivity index (χ4n) is 2.52. The molecule has 2 atom stereocenters. The molecule has 0 aliphatic heterocycles. The van der Waals surface area contributed by atoms with Crippen LogP contribution in [-0.2, 0) is 6.42 Å². The molecular formula is C19H25NO. The first-order chi connectivity index (χ1) is 10.1. The van der Waals surface area contributed by atoms with Crippen molar-refractivity contribution in [1.82, 2.24) is 5.32 Å². The summed E-state index contributed by atoms with van der Waals surface area (Å²) in [6.07, 6.45) is 1.09. The zero-order valence-corrected chi connectivity index (χ0v) is 13.4. The zero-order chi connectivity index (χ0) is 15.2. The Balaban J connectivity index is 2.04. The lowest BCUT2D eigenvalue weighted by Crippen LogP contribution is -2.22. The Bertz CT molecular complexity index is 562. The molecule has 0 spiro atoms. The van der Waals surface area contributed by atoms with Crippen molar-refractivity contribution in [3.63, 3.8) is 0 Å². The van der Waals surface area contributed by atoms with E-state index in [9.17, 15) is 0 Å². The van der Waals surface area contributed by atoms with Gasteiger partial charge in [-0.15, -0.1) is 0 Å². The van der Waals surface area contributed by atoms with E-state index in [1.54, 1.807) is 7.11 Å². The van der Waals surface area contributed by atoms with Crippen LogP contribution in [-0.4, -0.2) is 7.11 Å². The second kappa shape index (κ2) is 7.28. The average Bonchev–Trinajstić information content (AvgIpc) is 2.54. The normalized spacial score (nSPS) is 13.7. The van der Waals surface area contributed by atoms with Crippen molar-refractivity contribution >= 4 is 0 Å². The topological polar surface area (TPSA) is 21.3 Å². The lowest BCUT2D eigenvalue weighted by Gasteiger charge is -2.21. The van der Waals surface area contributed by atoms with Crippen molar-refractivity contribution in [1.29, 1.82) is 0 Å². The molecule has 0 aromatic heterocycles. The highest BCUT2D eigenvalue weighted by Gasteiger charge is 2.11. The van der Waals surface area contributed by atoms with Crippen LogP contribution in [0.4, 0.5) is 0 Å². The van der Waals surface area contributed by atoms with Crippen LogP contribution in [0.2, 0.25) is 0 Å². The molecule has 21 heavy (non-hydrogen) atoms. The van der Waals surface area contributed by atoms with Crippen LogP contribution < -0.4 is 10.1 Å². The van der Waals surface area contributed by atoms with Gasteiger partial charge < -0.3 is 10.1 Å². The van der Waals surface area contributed by atoms with Gasteiger partial charge in [0.15, 0.2) is 0 Å². The smallest absolute Gasteiger partial charge is 0.119 e. The molecule has 0 saturated carbocycles. The Morgan fingerprint density at radius 3 is 2.24 bits per heavy atom. The molecule has 2 aromatic carbocycles. The van der Waals surface area contributed by atoms with Gasteiger partial charge in [-0.1, -0.05) is 43.3 Å². The highest BCUT2D eigenvalue weighted by Crippen LogP contribution is 2.22. The highest BCUT2D eigenvalue weighted by atomic mass is 16.5. The van der Waals surface area contributed by atoms with Crippen molar-refractivity contribution in [2.45, 2.75) is 39.3 Å². The summed E-state index contributed by atoms with van der Waals surface area (Å²) in [7, 11) is 1.70. The van der Waals surface area contributed by atoms with Crippen LogP contribution in [0.1, 0.15) is 49.5 Å². The quantitative estimate of drug-likeness (QED) is 0.832. The van der Waals surface area contributed by atoms with E-state index in [2.05, 4.69) is 62.5 Å². The third-order valence-corrected chi connectivity index (χ3v) is 3.98. The predicted octanol–water partition coefficient (Wildman–Crippen LogP) is 4.67. The van der Waals surface area contributed by atoms with E-state index in [0.717, 1.165) is 12.2 Å². The summed E-state index contributed by atoms with van der Waals surface area (Å²) >= 11 is 0. The van der Waals surface area contributed by atoms with Gasteiger partial charge in [0.1, 0.15) is 5.75 Å². The van der Waals surface area contributed by atoms with Gasteiger partial charge in [-0.2, -0.15) is 0 Å². The second-order valence-electron chi connectivity index (χ2n) is 5.48. The molecule has 2 nitrogen and oxygen atoms in total. The molecule has 0 radical (unpaired) electrons. The number of nitrogens with one attached hydrogen (secondary N) is 1. The molecule has 0 aliphatic carbocycles. The van der Waals surface area contributed by atoms with Crippen LogP contribution in [0.25, 0.3) is 0 Å². The first kappa shape index (κ1) is 15.6. The minimum atomic E-state index is 0.279. The summed E-state index contributed by atoms with van der Waals surface area (Å²) in [5.74, 6) is 0.904. The second-order valence-corrected chi connectivity index (χ2v) is 5.48. The number of hydrogen-bond donors (Lipinski definition) is 1. The molecule has 0 bridgehead atoms. The van der Waals surface area contributed by atoms with Gasteiger partial charge in [0.2, 0.25) is 0 Å². The van der Waals surface area contributed by atoms with E-state index in [4.69, 9.17) is 4.74 Å². The van der Waals surface area contributed by atoms with Crippen LogP contribution in [0, 0.1) is 0 Å². The van der Waals surface area contributed by atoms with E-state index in [1.165, 1.54) is 16.7 Å². The molecule has 1 N–H and O–H groups in total. The third kappa shape index (κ3) is 4.08. The maximum atomic E-state index is 5.29. The molecule has 0 saturated heterocycles. The molecular weight excluding hydrogens is 258 g/mol. The Morgan fingerprint density at radius 1 is 0.952 bits per heavy atom. The fraction of sp³-hybridized carbons (Fsp3) is 0.368. The molecule has 2 heteroatoms. The number of ether oxygens (including phenoxy) is 1. The van der Waals surface area contributed by atoms with Crippen molar-refractivity contribution in [3.8, 4) is 5.75 Å². The van der Waals surface area contributed by atoms with Crippen molar-refractivity contribution in [2.24, 2.45) is 0 Å². The minimum Gasteiger partial charge on any atom is -0.497 e. The fourth-order valence-corrected chi connectivity index (χ4v) is 2.52. The van der Waals surface area contributed by atoms with E-state index >= 15 is 0 Å². The van der Waals surface area contributed by atoms with Gasteiger partial charge in [-0.25, -0.2) is 0 Å². The molecule has 1 unspecified atom stereocenters. The summed E-state index contributed by atoms with van der Waals surface area (Å²) in [5, 5.41) is 3.65. The van der Waals surface area contributed by atoms with Crippen LogP contribution in [0.3, 0.4) is 0 Å². The van der Waals surface area contributed by atoms with Crippen LogP contribution in [0.15, 0.2) is 48.5 Å². The van der Waals surface area contributed by atoms with Gasteiger partial charge in [-0.3, -0.25) is 0 Å². The van der Waals surface area contributed by atoms with E-state index in [0.29, 0.717) is 6.04 Å². The zero-order valence-electron chi connectivity index (χ0n) is 13.4. The van der Waals surface area contributed by atoms with Gasteiger partial charge in [0, 0.05) is 12.1 Å². The highest BCUT2D eigenvalue weighted by molar-refractivity contribution is 5.31. The molecule has 0 aliphatic rings. The van der Waals surface area contributed by atoms with Crippen molar-refractivity contribution < 1.29 is 4.74 Å². The van der Waals surface area contributed by atoms with E-state index < -0.39 is 0 Å². The van der Waals surface area contributed by atoms with Gasteiger partial charge >= 0.3 is 0 Å². The maximum absolute atomic E-state index is 5.29. The van der Waals surface area contributed by atoms with E-state index in [1.807, 2.05) is 12.1 Å². The number of methoxy groups -OCH3 is 1. The van der Waals surface area contributed by atoms with Crippen LogP contribution >= 0.6 is 0 Å². The van der Waals surface area contributed by atoms with Gasteiger partial charge in [0.25, 0.3) is 0 Å². The summed E-state index contributed by atoms with van der Waals surface area (Å²) < 4.78 is 5.29. The Hall–Kier alpha value is -1.80. The first-order valence-electron chi connectivity index (χ1n) is 7.63. The number of rotatable bonds is 6. The molecule has 0 amide bonds. The SMILES string of the molecule is CCc1ccc(C(C)N[C@H](C)c2cccc(OC)c2)cc1. The summed E-state index contributed by atoms with van der Waals surface area (Å²) in [4.78, 5) is 0. The molecule has 2 aromatic rings. The third-order valence-electron chi connectivity index (χ3n) is 3.98. The molecule has 112 valence electrons. The average molecular weight is 283 g/mol. The minimum absolute atomic E-state index is 0.279. The number of hydrogen-bond acceptors (Lipinski definition) is 2. The Kier molecular flexibility index (Phi) is 5.40.